The summed E-state index contributed by atoms with van der Waals surface area (Å²) in [7, 11) is 0. The molecule has 26 heavy (non-hydrogen) atoms. The maximum absolute atomic E-state index is 10.7. The van der Waals surface area contributed by atoms with Gasteiger partial charge >= 0.3 is 0 Å². The van der Waals surface area contributed by atoms with E-state index in [1.807, 2.05) is 30.6 Å². The average Bonchev–Trinajstić information content (AvgIpc) is 2.68. The molecule has 2 aromatic carbocycles. The fourth-order valence-corrected chi connectivity index (χ4v) is 3.11. The van der Waals surface area contributed by atoms with E-state index in [2.05, 4.69) is 28.2 Å². The summed E-state index contributed by atoms with van der Waals surface area (Å²) in [5.74, 6) is 0. The molecule has 1 aliphatic rings. The second kappa shape index (κ2) is 6.72. The van der Waals surface area contributed by atoms with Crippen molar-refractivity contribution in [2.45, 2.75) is 6.42 Å². The highest BCUT2D eigenvalue weighted by molar-refractivity contribution is 5.87. The molecule has 4 rings (SSSR count). The molecule has 0 saturated heterocycles. The largest absolute Gasteiger partial charge is 0.269 e. The number of rotatable bonds is 3. The summed E-state index contributed by atoms with van der Waals surface area (Å²) >= 11 is 0. The maximum Gasteiger partial charge on any atom is 0.269 e. The first kappa shape index (κ1) is 15.9. The van der Waals surface area contributed by atoms with Gasteiger partial charge in [0.25, 0.3) is 5.69 Å². The van der Waals surface area contributed by atoms with Crippen LogP contribution in [0.3, 0.4) is 0 Å². The molecule has 1 aliphatic carbocycles. The molecular weight excluding hydrogens is 326 g/mol. The summed E-state index contributed by atoms with van der Waals surface area (Å²) < 4.78 is 0. The van der Waals surface area contributed by atoms with E-state index in [-0.39, 0.29) is 5.69 Å². The van der Waals surface area contributed by atoms with Crippen LogP contribution in [0.25, 0.3) is 5.57 Å². The Morgan fingerprint density at radius 1 is 1.00 bits per heavy atom. The topological polar surface area (TPSA) is 68.4 Å². The molecule has 1 aromatic heterocycles. The predicted octanol–water partition coefficient (Wildman–Crippen LogP) is 4.40. The Kier molecular flexibility index (Phi) is 4.11. The molecule has 0 bridgehead atoms. The third kappa shape index (κ3) is 3.02. The SMILES string of the molecule is O=[N+]([O-])c1ccc(C=N/C=C2/c3ccccc3Cc3ncccc32)cc1. The number of non-ortho nitro benzene ring substituents is 1. The van der Waals surface area contributed by atoms with Crippen LogP contribution in [0.1, 0.15) is 27.9 Å². The van der Waals surface area contributed by atoms with E-state index in [0.717, 1.165) is 34.4 Å². The molecule has 5 nitrogen and oxygen atoms in total. The minimum absolute atomic E-state index is 0.0710. The van der Waals surface area contributed by atoms with Gasteiger partial charge in [-0.05, 0) is 34.9 Å². The highest BCUT2D eigenvalue weighted by Gasteiger charge is 2.20. The van der Waals surface area contributed by atoms with Crippen molar-refractivity contribution in [2.75, 3.05) is 0 Å². The molecule has 126 valence electrons. The first-order valence-electron chi connectivity index (χ1n) is 8.23. The summed E-state index contributed by atoms with van der Waals surface area (Å²) in [6, 6.07) is 18.6. The van der Waals surface area contributed by atoms with Gasteiger partial charge in [-0.3, -0.25) is 20.1 Å². The van der Waals surface area contributed by atoms with Crippen LogP contribution in [0.2, 0.25) is 0 Å². The van der Waals surface area contributed by atoms with E-state index in [1.165, 1.54) is 17.7 Å². The quantitative estimate of drug-likeness (QED) is 0.315. The van der Waals surface area contributed by atoms with Gasteiger partial charge in [-0.2, -0.15) is 0 Å². The number of aromatic nitrogens is 1. The smallest absolute Gasteiger partial charge is 0.263 e. The van der Waals surface area contributed by atoms with Crippen LogP contribution >= 0.6 is 0 Å². The lowest BCUT2D eigenvalue weighted by molar-refractivity contribution is -0.384. The molecule has 3 aromatic rings. The minimum Gasteiger partial charge on any atom is -0.263 e. The molecule has 0 N–H and O–H groups in total. The van der Waals surface area contributed by atoms with E-state index >= 15 is 0 Å². The lowest BCUT2D eigenvalue weighted by Crippen LogP contribution is -2.08. The number of nitrogens with zero attached hydrogens (tertiary/aromatic N) is 3. The Morgan fingerprint density at radius 2 is 1.77 bits per heavy atom. The molecule has 1 heterocycles. The van der Waals surface area contributed by atoms with Crippen molar-refractivity contribution in [3.63, 3.8) is 0 Å². The molecule has 0 unspecified atom stereocenters. The van der Waals surface area contributed by atoms with Crippen LogP contribution in [-0.2, 0) is 6.42 Å². The van der Waals surface area contributed by atoms with Crippen molar-refractivity contribution >= 4 is 17.5 Å². The monoisotopic (exact) mass is 341 g/mol. The van der Waals surface area contributed by atoms with E-state index in [9.17, 15) is 10.1 Å². The second-order valence-electron chi connectivity index (χ2n) is 6.00. The van der Waals surface area contributed by atoms with Crippen molar-refractivity contribution < 1.29 is 4.92 Å². The normalized spacial score (nSPS) is 14.2. The standard InChI is InChI=1S/C21H15N3O2/c25-24(26)17-9-7-15(8-10-17)13-22-14-20-18-5-2-1-4-16(18)12-21-19(20)6-3-11-23-21/h1-11,13-14H,12H2/b20-14-,22-13?. The molecule has 0 atom stereocenters. The highest BCUT2D eigenvalue weighted by atomic mass is 16.6. The fraction of sp³-hybridized carbons (Fsp3) is 0.0476. The van der Waals surface area contributed by atoms with Gasteiger partial charge in [-0.25, -0.2) is 0 Å². The van der Waals surface area contributed by atoms with Gasteiger partial charge in [-0.15, -0.1) is 0 Å². The first-order chi connectivity index (χ1) is 12.7. The number of aliphatic imine (C=N–C) groups is 1. The van der Waals surface area contributed by atoms with Gasteiger partial charge in [-0.1, -0.05) is 30.3 Å². The average molecular weight is 341 g/mol. The Balaban J connectivity index is 1.69. The van der Waals surface area contributed by atoms with Crippen molar-refractivity contribution in [3.8, 4) is 0 Å². The highest BCUT2D eigenvalue weighted by Crippen LogP contribution is 2.34. The lowest BCUT2D eigenvalue weighted by atomic mass is 9.85. The number of fused-ring (bicyclic) bond motifs is 2. The van der Waals surface area contributed by atoms with E-state index in [4.69, 9.17) is 0 Å². The zero-order valence-corrected chi connectivity index (χ0v) is 13.9. The summed E-state index contributed by atoms with van der Waals surface area (Å²) in [5.41, 5.74) is 6.44. The number of nitro benzene ring substituents is 1. The molecule has 5 heteroatoms. The molecule has 0 fully saturated rings. The lowest BCUT2D eigenvalue weighted by Gasteiger charge is -2.20. The van der Waals surface area contributed by atoms with Crippen molar-refractivity contribution in [2.24, 2.45) is 4.99 Å². The van der Waals surface area contributed by atoms with Gasteiger partial charge in [0.2, 0.25) is 0 Å². The third-order valence-electron chi connectivity index (χ3n) is 4.38. The summed E-state index contributed by atoms with van der Waals surface area (Å²) in [5, 5.41) is 10.7. The van der Waals surface area contributed by atoms with Crippen LogP contribution < -0.4 is 0 Å². The summed E-state index contributed by atoms with van der Waals surface area (Å²) in [6.07, 6.45) is 6.16. The summed E-state index contributed by atoms with van der Waals surface area (Å²) in [6.45, 7) is 0. The number of pyridine rings is 1. The Bertz CT molecular complexity index is 990. The Morgan fingerprint density at radius 3 is 2.58 bits per heavy atom. The summed E-state index contributed by atoms with van der Waals surface area (Å²) in [4.78, 5) is 19.3. The van der Waals surface area contributed by atoms with E-state index in [0.29, 0.717) is 0 Å². The van der Waals surface area contributed by atoms with Crippen LogP contribution in [0, 0.1) is 10.1 Å². The molecule has 0 aliphatic heterocycles. The Labute approximate surface area is 150 Å². The zero-order valence-electron chi connectivity index (χ0n) is 13.9. The third-order valence-corrected chi connectivity index (χ3v) is 4.38. The van der Waals surface area contributed by atoms with Gasteiger partial charge in [0.05, 0.1) is 10.6 Å². The van der Waals surface area contributed by atoms with Crippen molar-refractivity contribution in [1.82, 2.24) is 4.98 Å². The van der Waals surface area contributed by atoms with Crippen LogP contribution in [-0.4, -0.2) is 16.1 Å². The van der Waals surface area contributed by atoms with Crippen LogP contribution in [0.4, 0.5) is 5.69 Å². The van der Waals surface area contributed by atoms with Gasteiger partial charge < -0.3 is 0 Å². The zero-order chi connectivity index (χ0) is 17.9. The number of hydrogen-bond donors (Lipinski definition) is 0. The molecular formula is C21H15N3O2. The molecule has 0 amide bonds. The molecule has 0 spiro atoms. The number of hydrogen-bond acceptors (Lipinski definition) is 4. The first-order valence-corrected chi connectivity index (χ1v) is 8.23. The van der Waals surface area contributed by atoms with E-state index < -0.39 is 4.92 Å². The molecule has 0 saturated carbocycles. The van der Waals surface area contributed by atoms with Gasteiger partial charge in [0, 0.05) is 48.3 Å². The minimum atomic E-state index is -0.411. The van der Waals surface area contributed by atoms with Crippen LogP contribution in [0.5, 0.6) is 0 Å². The Hall–Kier alpha value is -3.60. The van der Waals surface area contributed by atoms with Gasteiger partial charge in [0.15, 0.2) is 0 Å². The maximum atomic E-state index is 10.7. The second-order valence-corrected chi connectivity index (χ2v) is 6.00. The van der Waals surface area contributed by atoms with Gasteiger partial charge in [0.1, 0.15) is 0 Å². The van der Waals surface area contributed by atoms with Crippen molar-refractivity contribution in [1.29, 1.82) is 0 Å². The number of nitro groups is 1. The van der Waals surface area contributed by atoms with Crippen molar-refractivity contribution in [3.05, 3.63) is 111 Å². The van der Waals surface area contributed by atoms with Crippen LogP contribution in [0.15, 0.2) is 78.1 Å². The fourth-order valence-electron chi connectivity index (χ4n) is 3.11. The number of benzene rings is 2. The van der Waals surface area contributed by atoms with E-state index in [1.54, 1.807) is 18.3 Å². The predicted molar refractivity (Wildman–Crippen MR) is 101 cm³/mol. The molecule has 0 radical (unpaired) electrons.